The first-order valence-corrected chi connectivity index (χ1v) is 16.0. The summed E-state index contributed by atoms with van der Waals surface area (Å²) in [5.74, 6) is -0.482. The summed E-state index contributed by atoms with van der Waals surface area (Å²) in [7, 11) is 0. The van der Waals surface area contributed by atoms with Gasteiger partial charge in [0.25, 0.3) is 5.91 Å². The topological polar surface area (TPSA) is 113 Å². The minimum Gasteiger partial charge on any atom is -0.466 e. The molecule has 9 nitrogen and oxygen atoms in total. The van der Waals surface area contributed by atoms with E-state index in [4.69, 9.17) is 4.74 Å². The van der Waals surface area contributed by atoms with Gasteiger partial charge in [0, 0.05) is 44.1 Å². The van der Waals surface area contributed by atoms with Crippen molar-refractivity contribution in [3.63, 3.8) is 0 Å². The van der Waals surface area contributed by atoms with E-state index >= 15 is 0 Å². The number of nitriles is 2. The molecule has 1 amide bonds. The zero-order valence-electron chi connectivity index (χ0n) is 27.3. The van der Waals surface area contributed by atoms with Crippen LogP contribution in [0.3, 0.4) is 0 Å². The van der Waals surface area contributed by atoms with Crippen LogP contribution in [-0.2, 0) is 27.3 Å². The smallest absolute Gasteiger partial charge is 0.309 e. The Morgan fingerprint density at radius 3 is 2.29 bits per heavy atom. The number of hydrogen-bond acceptors (Lipinski definition) is 8. The molecule has 0 spiro atoms. The lowest BCUT2D eigenvalue weighted by atomic mass is 9.91. The molecule has 1 N–H and O–H groups in total. The van der Waals surface area contributed by atoms with Crippen LogP contribution in [0, 0.1) is 42.4 Å². The van der Waals surface area contributed by atoms with Crippen molar-refractivity contribution in [2.75, 3.05) is 44.4 Å². The van der Waals surface area contributed by atoms with Gasteiger partial charge in [-0.1, -0.05) is 41.5 Å². The van der Waals surface area contributed by atoms with Crippen molar-refractivity contribution in [3.05, 3.63) is 75.9 Å². The van der Waals surface area contributed by atoms with Crippen LogP contribution in [0.1, 0.15) is 55.9 Å². The summed E-state index contributed by atoms with van der Waals surface area (Å²) in [4.78, 5) is 33.1. The molecule has 1 unspecified atom stereocenters. The van der Waals surface area contributed by atoms with E-state index in [2.05, 4.69) is 65.4 Å². The Hall–Kier alpha value is -4.02. The Bertz CT molecular complexity index is 1440. The monoisotopic (exact) mass is 610 g/mol. The predicted octanol–water partition coefficient (Wildman–Crippen LogP) is 4.64. The molecule has 0 bridgehead atoms. The van der Waals surface area contributed by atoms with Crippen LogP contribution in [0.2, 0.25) is 0 Å². The fourth-order valence-corrected chi connectivity index (χ4v) is 6.61. The highest BCUT2D eigenvalue weighted by molar-refractivity contribution is 6.08. The van der Waals surface area contributed by atoms with E-state index in [1.54, 1.807) is 4.90 Å². The highest BCUT2D eigenvalue weighted by atomic mass is 16.5. The lowest BCUT2D eigenvalue weighted by Crippen LogP contribution is -2.46. The summed E-state index contributed by atoms with van der Waals surface area (Å²) in [6, 6.07) is 17.7. The molecular formula is C36H46N6O3. The molecule has 2 aromatic rings. The zero-order valence-corrected chi connectivity index (χ0v) is 27.3. The second-order valence-corrected chi connectivity index (χ2v) is 12.4. The van der Waals surface area contributed by atoms with Gasteiger partial charge in [-0.15, -0.1) is 0 Å². The number of likely N-dealkylation sites (tertiary alicyclic amines) is 1. The maximum absolute atomic E-state index is 14.7. The normalized spacial score (nSPS) is 16.5. The molecule has 1 atom stereocenters. The van der Waals surface area contributed by atoms with Crippen LogP contribution in [0.25, 0.3) is 0 Å². The van der Waals surface area contributed by atoms with Crippen molar-refractivity contribution in [1.82, 2.24) is 15.1 Å². The fourth-order valence-electron chi connectivity index (χ4n) is 6.61. The van der Waals surface area contributed by atoms with Crippen molar-refractivity contribution in [2.45, 2.75) is 72.5 Å². The van der Waals surface area contributed by atoms with E-state index < -0.39 is 6.04 Å². The number of aryl methyl sites for hydroxylation is 2. The highest BCUT2D eigenvalue weighted by Crippen LogP contribution is 2.29. The first-order valence-electron chi connectivity index (χ1n) is 16.0. The summed E-state index contributed by atoms with van der Waals surface area (Å²) in [6.45, 7) is 14.6. The number of nitrogens with zero attached hydrogens (tertiary/aromatic N) is 5. The third-order valence-corrected chi connectivity index (χ3v) is 8.64. The third kappa shape index (κ3) is 8.58. The number of benzene rings is 2. The number of anilines is 1. The van der Waals surface area contributed by atoms with Crippen LogP contribution >= 0.6 is 0 Å². The number of rotatable bonds is 11. The van der Waals surface area contributed by atoms with Gasteiger partial charge in [-0.3, -0.25) is 19.4 Å². The minimum absolute atomic E-state index is 0.0521. The van der Waals surface area contributed by atoms with Crippen LogP contribution in [0.15, 0.2) is 53.6 Å². The zero-order chi connectivity index (χ0) is 32.5. The molecule has 4 rings (SSSR count). The summed E-state index contributed by atoms with van der Waals surface area (Å²) >= 11 is 0. The van der Waals surface area contributed by atoms with Gasteiger partial charge in [-0.05, 0) is 90.2 Å². The number of hydrogen-bond donors (Lipinski definition) is 1. The van der Waals surface area contributed by atoms with Crippen molar-refractivity contribution in [3.8, 4) is 12.1 Å². The van der Waals surface area contributed by atoms with E-state index in [1.165, 1.54) is 0 Å². The second-order valence-electron chi connectivity index (χ2n) is 12.4. The van der Waals surface area contributed by atoms with E-state index in [-0.39, 0.29) is 35.0 Å². The van der Waals surface area contributed by atoms with Crippen molar-refractivity contribution >= 4 is 17.6 Å². The van der Waals surface area contributed by atoms with Crippen LogP contribution in [0.5, 0.6) is 0 Å². The average molecular weight is 611 g/mol. The van der Waals surface area contributed by atoms with Crippen LogP contribution in [0.4, 0.5) is 5.69 Å². The molecule has 2 heterocycles. The number of carbonyl (C=O) groups excluding carboxylic acids is 2. The molecule has 2 aliphatic rings. The van der Waals surface area contributed by atoms with Crippen LogP contribution < -0.4 is 10.2 Å². The van der Waals surface area contributed by atoms with Gasteiger partial charge < -0.3 is 15.0 Å². The van der Waals surface area contributed by atoms with E-state index in [9.17, 15) is 20.1 Å². The molecule has 0 aliphatic carbocycles. The Balaban J connectivity index is 1.64. The molecule has 0 aromatic heterocycles. The highest BCUT2D eigenvalue weighted by Gasteiger charge is 2.36. The number of esters is 1. The Morgan fingerprint density at radius 2 is 1.71 bits per heavy atom. The molecule has 0 radical (unpaired) electrons. The first kappa shape index (κ1) is 33.9. The quantitative estimate of drug-likeness (QED) is 0.223. The predicted molar refractivity (Wildman–Crippen MR) is 175 cm³/mol. The second kappa shape index (κ2) is 15.8. The number of amides is 1. The fraction of sp³-hybridized carbons (Fsp3) is 0.500. The lowest BCUT2D eigenvalue weighted by molar-refractivity contribution is -0.149. The molecule has 238 valence electrons. The summed E-state index contributed by atoms with van der Waals surface area (Å²) in [5, 5.41) is 23.6. The van der Waals surface area contributed by atoms with E-state index in [1.807, 2.05) is 39.0 Å². The first-order chi connectivity index (χ1) is 21.6. The van der Waals surface area contributed by atoms with Crippen molar-refractivity contribution in [1.29, 1.82) is 10.5 Å². The number of ether oxygens (including phenoxy) is 1. The van der Waals surface area contributed by atoms with Crippen molar-refractivity contribution in [2.24, 2.45) is 5.92 Å². The number of allylic oxidation sites excluding steroid dienone is 1. The standard InChI is InChI=1S/C36H46N6O3/c1-6-45-36(44)30-10-13-40(14-11-30)23-28-8-7-9-32(19-28)42(25(2)3)35(43)34(31(21-37)22-38)33(41-15-12-39-24-41)20-29-17-26(4)16-27(5)18-29/h7-9,16-19,25,30,33,39H,6,10-15,20,23-24H2,1-5H3. The number of nitrogens with one attached hydrogen (secondary N) is 1. The molecule has 9 heteroatoms. The molecule has 2 saturated heterocycles. The Morgan fingerprint density at radius 1 is 1.02 bits per heavy atom. The summed E-state index contributed by atoms with van der Waals surface area (Å²) in [6.07, 6.45) is 2.04. The average Bonchev–Trinajstić information content (AvgIpc) is 3.54. The van der Waals surface area contributed by atoms with Crippen molar-refractivity contribution < 1.29 is 14.3 Å². The maximum Gasteiger partial charge on any atom is 0.309 e. The summed E-state index contributed by atoms with van der Waals surface area (Å²) < 4.78 is 5.22. The maximum atomic E-state index is 14.7. The van der Waals surface area contributed by atoms with Gasteiger partial charge in [-0.25, -0.2) is 0 Å². The Labute approximate surface area is 268 Å². The third-order valence-electron chi connectivity index (χ3n) is 8.64. The minimum atomic E-state index is -0.451. The van der Waals surface area contributed by atoms with Crippen LogP contribution in [-0.4, -0.2) is 73.2 Å². The SMILES string of the molecule is CCOC(=O)C1CCN(Cc2cccc(N(C(=O)C(=C(C#N)C#N)C(Cc3cc(C)cc(C)c3)N3CCNC3)C(C)C)c2)CC1. The van der Waals surface area contributed by atoms with E-state index in [0.29, 0.717) is 32.8 Å². The van der Waals surface area contributed by atoms with Gasteiger partial charge in [0.05, 0.1) is 18.1 Å². The van der Waals surface area contributed by atoms with Gasteiger partial charge in [0.15, 0.2) is 0 Å². The van der Waals surface area contributed by atoms with E-state index in [0.717, 1.165) is 60.4 Å². The largest absolute Gasteiger partial charge is 0.466 e. The molecular weight excluding hydrogens is 564 g/mol. The summed E-state index contributed by atoms with van der Waals surface area (Å²) in [5.41, 5.74) is 5.21. The Kier molecular flexibility index (Phi) is 11.9. The van der Waals surface area contributed by atoms with Gasteiger partial charge >= 0.3 is 5.97 Å². The number of carbonyl (C=O) groups is 2. The molecule has 45 heavy (non-hydrogen) atoms. The number of piperidine rings is 1. The lowest BCUT2D eigenvalue weighted by Gasteiger charge is -2.34. The molecule has 2 aromatic carbocycles. The molecule has 0 saturated carbocycles. The van der Waals surface area contributed by atoms with Gasteiger partial charge in [0.2, 0.25) is 0 Å². The molecule has 2 fully saturated rings. The van der Waals surface area contributed by atoms with Gasteiger partial charge in [-0.2, -0.15) is 10.5 Å². The van der Waals surface area contributed by atoms with Gasteiger partial charge in [0.1, 0.15) is 17.7 Å². The molecule has 2 aliphatic heterocycles.